The van der Waals surface area contributed by atoms with Crippen LogP contribution in [0.4, 0.5) is 0 Å². The summed E-state index contributed by atoms with van der Waals surface area (Å²) in [5.74, 6) is 1.08. The quantitative estimate of drug-likeness (QED) is 0.791. The molecule has 1 saturated carbocycles. The highest BCUT2D eigenvalue weighted by Crippen LogP contribution is 2.43. The Kier molecular flexibility index (Phi) is 3.53. The normalized spacial score (nSPS) is 27.9. The molecule has 92 valence electrons. The van der Waals surface area contributed by atoms with Crippen molar-refractivity contribution in [3.05, 3.63) is 0 Å². The molecule has 0 radical (unpaired) electrons. The predicted octanol–water partition coefficient (Wildman–Crippen LogP) is 1.76. The lowest BCUT2D eigenvalue weighted by Gasteiger charge is -2.41. The number of hydrogen-bond acceptors (Lipinski definition) is 2. The van der Waals surface area contributed by atoms with Crippen LogP contribution >= 0.6 is 0 Å². The first-order chi connectivity index (χ1) is 7.69. The molecule has 1 heterocycles. The molecule has 1 amide bonds. The lowest BCUT2D eigenvalue weighted by molar-refractivity contribution is -0.134. The van der Waals surface area contributed by atoms with Gasteiger partial charge in [0, 0.05) is 19.5 Å². The molecule has 2 rings (SSSR count). The molecule has 3 nitrogen and oxygen atoms in total. The van der Waals surface area contributed by atoms with Crippen molar-refractivity contribution in [3.8, 4) is 0 Å². The number of carbonyl (C=O) groups is 1. The standard InChI is InChI=1S/C13H24N2O/c1-2-11-4-7-15(9-11)12(16)8-13(10-14)5-3-6-13/h11H,2-10,14H2,1H3. The third-order valence-corrected chi connectivity index (χ3v) is 4.59. The molecular weight excluding hydrogens is 200 g/mol. The third kappa shape index (κ3) is 2.24. The van der Waals surface area contributed by atoms with Crippen LogP contribution in [0.2, 0.25) is 0 Å². The molecule has 0 spiro atoms. The summed E-state index contributed by atoms with van der Waals surface area (Å²) in [6.07, 6.45) is 6.65. The van der Waals surface area contributed by atoms with Crippen molar-refractivity contribution in [1.82, 2.24) is 4.90 Å². The van der Waals surface area contributed by atoms with E-state index < -0.39 is 0 Å². The molecule has 2 fully saturated rings. The van der Waals surface area contributed by atoms with Crippen molar-refractivity contribution in [2.45, 2.75) is 45.4 Å². The Morgan fingerprint density at radius 3 is 2.69 bits per heavy atom. The molecule has 1 aliphatic carbocycles. The van der Waals surface area contributed by atoms with Crippen LogP contribution in [-0.4, -0.2) is 30.4 Å². The fourth-order valence-electron chi connectivity index (χ4n) is 2.95. The molecular formula is C13H24N2O. The number of likely N-dealkylation sites (tertiary alicyclic amines) is 1. The number of carbonyl (C=O) groups excluding carboxylic acids is 1. The zero-order valence-electron chi connectivity index (χ0n) is 10.4. The van der Waals surface area contributed by atoms with E-state index in [0.717, 1.165) is 31.8 Å². The maximum Gasteiger partial charge on any atom is 0.223 e. The molecule has 1 aliphatic heterocycles. The van der Waals surface area contributed by atoms with Gasteiger partial charge in [-0.25, -0.2) is 0 Å². The molecule has 2 aliphatic rings. The van der Waals surface area contributed by atoms with E-state index >= 15 is 0 Å². The zero-order valence-corrected chi connectivity index (χ0v) is 10.4. The van der Waals surface area contributed by atoms with Gasteiger partial charge in [-0.15, -0.1) is 0 Å². The van der Waals surface area contributed by atoms with Crippen LogP contribution in [0.25, 0.3) is 0 Å². The first-order valence-electron chi connectivity index (χ1n) is 6.67. The summed E-state index contributed by atoms with van der Waals surface area (Å²) in [5, 5.41) is 0. The molecule has 1 saturated heterocycles. The SMILES string of the molecule is CCC1CCN(C(=O)CC2(CN)CCC2)C1. The van der Waals surface area contributed by atoms with Crippen LogP contribution in [0.3, 0.4) is 0 Å². The number of rotatable bonds is 4. The number of amides is 1. The Morgan fingerprint density at radius 2 is 2.25 bits per heavy atom. The summed E-state index contributed by atoms with van der Waals surface area (Å²) in [5.41, 5.74) is 5.97. The van der Waals surface area contributed by atoms with Crippen LogP contribution in [0, 0.1) is 11.3 Å². The van der Waals surface area contributed by atoms with Crippen LogP contribution in [-0.2, 0) is 4.79 Å². The second-order valence-corrected chi connectivity index (χ2v) is 5.64. The Hall–Kier alpha value is -0.570. The van der Waals surface area contributed by atoms with E-state index in [-0.39, 0.29) is 5.41 Å². The van der Waals surface area contributed by atoms with Gasteiger partial charge in [0.15, 0.2) is 0 Å². The minimum atomic E-state index is 0.168. The first-order valence-corrected chi connectivity index (χ1v) is 6.67. The second-order valence-electron chi connectivity index (χ2n) is 5.64. The first kappa shape index (κ1) is 11.9. The van der Waals surface area contributed by atoms with Crippen LogP contribution in [0.5, 0.6) is 0 Å². The van der Waals surface area contributed by atoms with Crippen molar-refractivity contribution in [3.63, 3.8) is 0 Å². The average molecular weight is 224 g/mol. The molecule has 3 heteroatoms. The smallest absolute Gasteiger partial charge is 0.223 e. The van der Waals surface area contributed by atoms with Crippen LogP contribution < -0.4 is 5.73 Å². The summed E-state index contributed by atoms with van der Waals surface area (Å²) in [7, 11) is 0. The lowest BCUT2D eigenvalue weighted by Crippen LogP contribution is -2.42. The van der Waals surface area contributed by atoms with Gasteiger partial charge in [-0.3, -0.25) is 4.79 Å². The van der Waals surface area contributed by atoms with Gasteiger partial charge in [0.05, 0.1) is 0 Å². The number of nitrogens with zero attached hydrogens (tertiary/aromatic N) is 1. The summed E-state index contributed by atoms with van der Waals surface area (Å²) >= 11 is 0. The van der Waals surface area contributed by atoms with E-state index in [1.54, 1.807) is 0 Å². The van der Waals surface area contributed by atoms with E-state index in [0.29, 0.717) is 18.9 Å². The molecule has 0 aromatic heterocycles. The molecule has 1 unspecified atom stereocenters. The molecule has 1 atom stereocenters. The van der Waals surface area contributed by atoms with Gasteiger partial charge in [-0.1, -0.05) is 19.8 Å². The van der Waals surface area contributed by atoms with Gasteiger partial charge in [-0.2, -0.15) is 0 Å². The molecule has 2 N–H and O–H groups in total. The van der Waals surface area contributed by atoms with Crippen LogP contribution in [0.15, 0.2) is 0 Å². The third-order valence-electron chi connectivity index (χ3n) is 4.59. The topological polar surface area (TPSA) is 46.3 Å². The maximum absolute atomic E-state index is 12.1. The van der Waals surface area contributed by atoms with E-state index in [2.05, 4.69) is 11.8 Å². The van der Waals surface area contributed by atoms with Crippen molar-refractivity contribution >= 4 is 5.91 Å². The highest BCUT2D eigenvalue weighted by molar-refractivity contribution is 5.77. The highest BCUT2D eigenvalue weighted by atomic mass is 16.2. The molecule has 0 aromatic carbocycles. The largest absolute Gasteiger partial charge is 0.342 e. The fraction of sp³-hybridized carbons (Fsp3) is 0.923. The Labute approximate surface area is 98.4 Å². The van der Waals surface area contributed by atoms with E-state index in [1.807, 2.05) is 0 Å². The Bertz CT molecular complexity index is 255. The molecule has 0 aromatic rings. The fourth-order valence-corrected chi connectivity index (χ4v) is 2.95. The average Bonchev–Trinajstić information content (AvgIpc) is 2.71. The van der Waals surface area contributed by atoms with E-state index in [4.69, 9.17) is 5.73 Å². The van der Waals surface area contributed by atoms with Gasteiger partial charge in [0.25, 0.3) is 0 Å². The maximum atomic E-state index is 12.1. The Morgan fingerprint density at radius 1 is 1.50 bits per heavy atom. The van der Waals surface area contributed by atoms with Gasteiger partial charge < -0.3 is 10.6 Å². The number of hydrogen-bond donors (Lipinski definition) is 1. The summed E-state index contributed by atoms with van der Waals surface area (Å²) < 4.78 is 0. The zero-order chi connectivity index (χ0) is 11.6. The summed E-state index contributed by atoms with van der Waals surface area (Å²) in [4.78, 5) is 14.2. The molecule has 16 heavy (non-hydrogen) atoms. The summed E-state index contributed by atoms with van der Waals surface area (Å²) in [6.45, 7) is 4.85. The lowest BCUT2D eigenvalue weighted by atomic mass is 9.66. The van der Waals surface area contributed by atoms with Gasteiger partial charge >= 0.3 is 0 Å². The van der Waals surface area contributed by atoms with Gasteiger partial charge in [-0.05, 0) is 37.1 Å². The van der Waals surface area contributed by atoms with Crippen molar-refractivity contribution in [2.24, 2.45) is 17.1 Å². The monoisotopic (exact) mass is 224 g/mol. The van der Waals surface area contributed by atoms with Crippen LogP contribution in [0.1, 0.15) is 45.4 Å². The highest BCUT2D eigenvalue weighted by Gasteiger charge is 2.39. The van der Waals surface area contributed by atoms with E-state index in [1.165, 1.54) is 19.3 Å². The van der Waals surface area contributed by atoms with Crippen molar-refractivity contribution in [1.29, 1.82) is 0 Å². The van der Waals surface area contributed by atoms with Gasteiger partial charge in [0.1, 0.15) is 0 Å². The van der Waals surface area contributed by atoms with Crippen molar-refractivity contribution < 1.29 is 4.79 Å². The Balaban J connectivity index is 1.84. The molecule has 0 bridgehead atoms. The predicted molar refractivity (Wildman–Crippen MR) is 64.9 cm³/mol. The second kappa shape index (κ2) is 4.74. The summed E-state index contributed by atoms with van der Waals surface area (Å²) in [6, 6.07) is 0. The van der Waals surface area contributed by atoms with E-state index in [9.17, 15) is 4.79 Å². The number of nitrogens with two attached hydrogens (primary N) is 1. The minimum absolute atomic E-state index is 0.168. The van der Waals surface area contributed by atoms with Gasteiger partial charge in [0.2, 0.25) is 5.91 Å². The van der Waals surface area contributed by atoms with Crippen molar-refractivity contribution in [2.75, 3.05) is 19.6 Å². The minimum Gasteiger partial charge on any atom is -0.342 e.